The molecule has 2 unspecified atom stereocenters. The van der Waals surface area contributed by atoms with Crippen molar-refractivity contribution < 1.29 is 13.9 Å². The monoisotopic (exact) mass is 492 g/mol. The third-order valence-electron chi connectivity index (χ3n) is 8.21. The molecule has 36 heavy (non-hydrogen) atoms. The molecule has 0 spiro atoms. The third kappa shape index (κ3) is 4.14. The zero-order valence-electron chi connectivity index (χ0n) is 21.1. The molecule has 1 saturated carbocycles. The molecule has 4 atom stereocenters. The number of benzene rings is 1. The van der Waals surface area contributed by atoms with Gasteiger partial charge in [-0.1, -0.05) is 0 Å². The van der Waals surface area contributed by atoms with Crippen LogP contribution in [-0.2, 0) is 16.6 Å². The number of aryl methyl sites for hydroxylation is 2. The van der Waals surface area contributed by atoms with Crippen LogP contribution in [0.2, 0.25) is 0 Å². The Bertz CT molecular complexity index is 1300. The van der Waals surface area contributed by atoms with E-state index in [1.165, 1.54) is 11.3 Å². The van der Waals surface area contributed by atoms with Gasteiger partial charge in [-0.05, 0) is 55.5 Å². The van der Waals surface area contributed by atoms with Gasteiger partial charge in [0, 0.05) is 68.5 Å². The molecular formula is C27H33FN6O2. The van der Waals surface area contributed by atoms with E-state index in [1.807, 2.05) is 38.5 Å². The van der Waals surface area contributed by atoms with Crippen LogP contribution in [0.1, 0.15) is 30.5 Å². The lowest BCUT2D eigenvalue weighted by molar-refractivity contribution is -0.117. The first-order valence-corrected chi connectivity index (χ1v) is 12.7. The van der Waals surface area contributed by atoms with Gasteiger partial charge in [0.05, 0.1) is 24.4 Å². The standard InChI is InChI=1S/C27H33FN6O2/c1-17-10-19-14-29-25(30-26(35)21-13-20(21)22-4-5-32(3)31-22)12-18(19)11-23(17)33-6-8-34(9-7-33)27(2)16-36-15-24(27)28/h4-5,10-12,14,20-21,24H,6-9,13,15-16H2,1-3H3,(H,29,30,35)/t20?,21?,24-,27+/m0/s1. The fraction of sp³-hybridized carbons (Fsp3) is 0.519. The van der Waals surface area contributed by atoms with Crippen molar-refractivity contribution in [3.63, 3.8) is 0 Å². The molecule has 8 nitrogen and oxygen atoms in total. The summed E-state index contributed by atoms with van der Waals surface area (Å²) in [6, 6.07) is 8.27. The summed E-state index contributed by atoms with van der Waals surface area (Å²) in [6.45, 7) is 8.00. The van der Waals surface area contributed by atoms with Gasteiger partial charge in [0.15, 0.2) is 0 Å². The van der Waals surface area contributed by atoms with E-state index in [0.717, 1.165) is 49.1 Å². The first-order valence-electron chi connectivity index (χ1n) is 12.7. The third-order valence-corrected chi connectivity index (χ3v) is 8.21. The van der Waals surface area contributed by atoms with E-state index in [1.54, 1.807) is 4.68 Å². The van der Waals surface area contributed by atoms with Crippen molar-refractivity contribution in [2.75, 3.05) is 49.6 Å². The normalized spacial score (nSPS) is 28.6. The van der Waals surface area contributed by atoms with Crippen LogP contribution in [0.25, 0.3) is 10.8 Å². The van der Waals surface area contributed by atoms with Crippen LogP contribution in [0.5, 0.6) is 0 Å². The molecule has 190 valence electrons. The van der Waals surface area contributed by atoms with Gasteiger partial charge in [-0.25, -0.2) is 9.37 Å². The van der Waals surface area contributed by atoms with Gasteiger partial charge in [0.2, 0.25) is 5.91 Å². The number of hydrogen-bond acceptors (Lipinski definition) is 6. The fourth-order valence-corrected chi connectivity index (χ4v) is 5.75. The molecule has 6 rings (SSSR count). The number of pyridine rings is 1. The Hall–Kier alpha value is -3.04. The number of anilines is 2. The fourth-order valence-electron chi connectivity index (χ4n) is 5.75. The summed E-state index contributed by atoms with van der Waals surface area (Å²) in [7, 11) is 1.89. The molecule has 1 amide bonds. The van der Waals surface area contributed by atoms with Gasteiger partial charge >= 0.3 is 0 Å². The number of aromatic nitrogens is 3. The average Bonchev–Trinajstić information content (AvgIpc) is 3.44. The van der Waals surface area contributed by atoms with Crippen LogP contribution >= 0.6 is 0 Å². The summed E-state index contributed by atoms with van der Waals surface area (Å²) < 4.78 is 21.7. The lowest BCUT2D eigenvalue weighted by atomic mass is 9.96. The Morgan fingerprint density at radius 1 is 1.19 bits per heavy atom. The quantitative estimate of drug-likeness (QED) is 0.589. The second-order valence-electron chi connectivity index (χ2n) is 10.7. The van der Waals surface area contributed by atoms with Crippen LogP contribution in [0.4, 0.5) is 15.9 Å². The zero-order valence-corrected chi connectivity index (χ0v) is 21.1. The largest absolute Gasteiger partial charge is 0.376 e. The number of nitrogens with zero attached hydrogens (tertiary/aromatic N) is 5. The van der Waals surface area contributed by atoms with Gasteiger partial charge in [-0.2, -0.15) is 5.10 Å². The van der Waals surface area contributed by atoms with Gasteiger partial charge in [-0.3, -0.25) is 14.4 Å². The first-order chi connectivity index (χ1) is 17.3. The molecule has 2 aromatic heterocycles. The summed E-state index contributed by atoms with van der Waals surface area (Å²) in [5, 5.41) is 9.53. The van der Waals surface area contributed by atoms with Gasteiger partial charge in [0.25, 0.3) is 0 Å². The highest BCUT2D eigenvalue weighted by Gasteiger charge is 2.46. The molecule has 3 aromatic rings. The van der Waals surface area contributed by atoms with Crippen LogP contribution in [-0.4, -0.2) is 76.7 Å². The van der Waals surface area contributed by atoms with E-state index in [4.69, 9.17) is 4.74 Å². The Morgan fingerprint density at radius 2 is 2.00 bits per heavy atom. The molecule has 3 aliphatic rings. The van der Waals surface area contributed by atoms with Gasteiger partial charge in [0.1, 0.15) is 12.0 Å². The highest BCUT2D eigenvalue weighted by atomic mass is 19.1. The molecule has 2 aliphatic heterocycles. The molecule has 0 radical (unpaired) electrons. The number of amides is 1. The van der Waals surface area contributed by atoms with E-state index in [2.05, 4.69) is 44.3 Å². The number of fused-ring (bicyclic) bond motifs is 1. The summed E-state index contributed by atoms with van der Waals surface area (Å²) in [5.41, 5.74) is 2.80. The minimum Gasteiger partial charge on any atom is -0.376 e. The van der Waals surface area contributed by atoms with Crippen molar-refractivity contribution in [2.24, 2.45) is 13.0 Å². The van der Waals surface area contributed by atoms with Gasteiger partial charge < -0.3 is 15.0 Å². The summed E-state index contributed by atoms with van der Waals surface area (Å²) in [4.78, 5) is 21.9. The van der Waals surface area contributed by atoms with Crippen molar-refractivity contribution in [1.29, 1.82) is 0 Å². The Balaban J connectivity index is 1.15. The van der Waals surface area contributed by atoms with E-state index < -0.39 is 11.7 Å². The highest BCUT2D eigenvalue weighted by Crippen LogP contribution is 2.47. The molecule has 3 fully saturated rings. The Kier molecular flexibility index (Phi) is 5.72. The molecule has 1 aromatic carbocycles. The van der Waals surface area contributed by atoms with Crippen molar-refractivity contribution >= 4 is 28.2 Å². The molecule has 1 aliphatic carbocycles. The number of ether oxygens (including phenoxy) is 1. The molecule has 4 heterocycles. The van der Waals surface area contributed by atoms with Crippen molar-refractivity contribution in [3.05, 3.63) is 47.9 Å². The number of carbonyl (C=O) groups excluding carboxylic acids is 1. The number of hydrogen-bond donors (Lipinski definition) is 1. The molecule has 9 heteroatoms. The van der Waals surface area contributed by atoms with E-state index in [0.29, 0.717) is 12.4 Å². The summed E-state index contributed by atoms with van der Waals surface area (Å²) >= 11 is 0. The minimum atomic E-state index is -0.942. The summed E-state index contributed by atoms with van der Waals surface area (Å²) in [5.74, 6) is 0.696. The van der Waals surface area contributed by atoms with Crippen molar-refractivity contribution in [2.45, 2.75) is 37.9 Å². The van der Waals surface area contributed by atoms with Crippen molar-refractivity contribution in [1.82, 2.24) is 19.7 Å². The predicted molar refractivity (Wildman–Crippen MR) is 137 cm³/mol. The highest BCUT2D eigenvalue weighted by molar-refractivity contribution is 5.97. The maximum atomic E-state index is 14.5. The van der Waals surface area contributed by atoms with Crippen LogP contribution < -0.4 is 10.2 Å². The lowest BCUT2D eigenvalue weighted by Crippen LogP contribution is -2.59. The minimum absolute atomic E-state index is 0.00323. The number of carbonyl (C=O) groups is 1. The molecule has 0 bridgehead atoms. The Morgan fingerprint density at radius 3 is 2.69 bits per heavy atom. The first kappa shape index (κ1) is 23.4. The second kappa shape index (κ2) is 8.81. The number of rotatable bonds is 5. The SMILES string of the molecule is Cc1cc2cnc(NC(=O)C3CC3c3ccn(C)n3)cc2cc1N1CCN([C@]2(C)COC[C@@H]2F)CC1. The molecular weight excluding hydrogens is 459 g/mol. The van der Waals surface area contributed by atoms with Crippen molar-refractivity contribution in [3.8, 4) is 0 Å². The number of alkyl halides is 1. The smallest absolute Gasteiger partial charge is 0.229 e. The molecule has 1 N–H and O–H groups in total. The van der Waals surface area contributed by atoms with Gasteiger partial charge in [-0.15, -0.1) is 0 Å². The summed E-state index contributed by atoms with van der Waals surface area (Å²) in [6.07, 6.45) is 3.61. The lowest BCUT2D eigenvalue weighted by Gasteiger charge is -2.45. The van der Waals surface area contributed by atoms with Crippen LogP contribution in [0.15, 0.2) is 36.7 Å². The number of nitrogens with one attached hydrogen (secondary N) is 1. The maximum absolute atomic E-state index is 14.5. The van der Waals surface area contributed by atoms with Crippen LogP contribution in [0, 0.1) is 12.8 Å². The molecule has 2 saturated heterocycles. The number of halogens is 1. The van der Waals surface area contributed by atoms with Crippen LogP contribution in [0.3, 0.4) is 0 Å². The number of piperazine rings is 1. The van der Waals surface area contributed by atoms with E-state index in [9.17, 15) is 9.18 Å². The zero-order chi connectivity index (χ0) is 25.0. The maximum Gasteiger partial charge on any atom is 0.229 e. The Labute approximate surface area is 210 Å². The topological polar surface area (TPSA) is 75.5 Å². The van der Waals surface area contributed by atoms with E-state index in [-0.39, 0.29) is 24.3 Å². The average molecular weight is 493 g/mol. The predicted octanol–water partition coefficient (Wildman–Crippen LogP) is 3.27. The second-order valence-corrected chi connectivity index (χ2v) is 10.7. The van der Waals surface area contributed by atoms with E-state index >= 15 is 0 Å².